The van der Waals surface area contributed by atoms with E-state index >= 15 is 0 Å². The molecule has 0 bridgehead atoms. The molecule has 0 radical (unpaired) electrons. The topological polar surface area (TPSA) is 102 Å². The first-order valence-electron chi connectivity index (χ1n) is 9.82. The molecule has 2 aromatic heterocycles. The predicted molar refractivity (Wildman–Crippen MR) is 125 cm³/mol. The first-order chi connectivity index (χ1) is 15.6. The summed E-state index contributed by atoms with van der Waals surface area (Å²) >= 11 is 1.29. The summed E-state index contributed by atoms with van der Waals surface area (Å²) in [5.74, 6) is 0.452. The highest BCUT2D eigenvalue weighted by molar-refractivity contribution is 7.99. The highest BCUT2D eigenvalue weighted by atomic mass is 32.2. The third-order valence-corrected chi connectivity index (χ3v) is 5.31. The summed E-state index contributed by atoms with van der Waals surface area (Å²) in [5.41, 5.74) is 3.00. The molecule has 0 fully saturated rings. The van der Waals surface area contributed by atoms with Gasteiger partial charge in [0.2, 0.25) is 11.8 Å². The van der Waals surface area contributed by atoms with Gasteiger partial charge < -0.3 is 10.6 Å². The Morgan fingerprint density at radius 2 is 1.62 bits per heavy atom. The molecular weight excluding hydrogens is 424 g/mol. The van der Waals surface area contributed by atoms with Crippen LogP contribution in [0.5, 0.6) is 0 Å². The minimum atomic E-state index is -0.192. The first kappa shape index (κ1) is 21.3. The maximum atomic E-state index is 12.6. The van der Waals surface area contributed by atoms with Crippen molar-refractivity contribution in [3.8, 4) is 17.1 Å². The van der Waals surface area contributed by atoms with Crippen LogP contribution in [0.1, 0.15) is 6.92 Å². The van der Waals surface area contributed by atoms with Crippen molar-refractivity contribution in [3.63, 3.8) is 0 Å². The molecule has 0 atom stereocenters. The van der Waals surface area contributed by atoms with E-state index in [1.165, 1.54) is 18.7 Å². The van der Waals surface area contributed by atoms with E-state index in [-0.39, 0.29) is 17.6 Å². The number of aromatic nitrogens is 4. The van der Waals surface area contributed by atoms with Crippen molar-refractivity contribution in [1.82, 2.24) is 19.7 Å². The Labute approximate surface area is 189 Å². The van der Waals surface area contributed by atoms with E-state index in [0.717, 1.165) is 11.3 Å². The van der Waals surface area contributed by atoms with Crippen LogP contribution in [0.4, 0.5) is 11.4 Å². The molecule has 160 valence electrons. The van der Waals surface area contributed by atoms with Crippen molar-refractivity contribution in [1.29, 1.82) is 0 Å². The zero-order valence-electron chi connectivity index (χ0n) is 17.2. The second-order valence-electron chi connectivity index (χ2n) is 6.81. The second-order valence-corrected chi connectivity index (χ2v) is 7.75. The lowest BCUT2D eigenvalue weighted by atomic mass is 10.2. The molecule has 2 heterocycles. The predicted octanol–water partition coefficient (Wildman–Crippen LogP) is 4.02. The van der Waals surface area contributed by atoms with Crippen LogP contribution in [0.15, 0.2) is 84.3 Å². The maximum absolute atomic E-state index is 12.6. The molecule has 2 aromatic carbocycles. The van der Waals surface area contributed by atoms with Crippen LogP contribution >= 0.6 is 11.8 Å². The summed E-state index contributed by atoms with van der Waals surface area (Å²) in [4.78, 5) is 27.9. The average Bonchev–Trinajstić information content (AvgIpc) is 3.23. The van der Waals surface area contributed by atoms with E-state index in [1.54, 1.807) is 36.7 Å². The van der Waals surface area contributed by atoms with Crippen molar-refractivity contribution in [3.05, 3.63) is 79.1 Å². The van der Waals surface area contributed by atoms with Crippen LogP contribution in [-0.4, -0.2) is 37.3 Å². The number of amides is 2. The lowest BCUT2D eigenvalue weighted by molar-refractivity contribution is -0.114. The number of rotatable bonds is 7. The van der Waals surface area contributed by atoms with Crippen LogP contribution in [0.3, 0.4) is 0 Å². The fraction of sp³-hybridized carbons (Fsp3) is 0.0870. The molecule has 0 aliphatic heterocycles. The molecular formula is C23H20N6O2S. The van der Waals surface area contributed by atoms with Gasteiger partial charge in [-0.05, 0) is 42.5 Å². The van der Waals surface area contributed by atoms with E-state index < -0.39 is 0 Å². The van der Waals surface area contributed by atoms with E-state index in [4.69, 9.17) is 0 Å². The molecule has 2 amide bonds. The first-order valence-corrected chi connectivity index (χ1v) is 10.8. The smallest absolute Gasteiger partial charge is 0.234 e. The van der Waals surface area contributed by atoms with Crippen molar-refractivity contribution >= 4 is 35.0 Å². The van der Waals surface area contributed by atoms with E-state index in [1.807, 2.05) is 47.0 Å². The molecule has 32 heavy (non-hydrogen) atoms. The summed E-state index contributed by atoms with van der Waals surface area (Å²) < 4.78 is 1.92. The molecule has 0 spiro atoms. The number of carbonyl (C=O) groups excluding carboxylic acids is 2. The number of para-hydroxylation sites is 1. The number of hydrogen-bond acceptors (Lipinski definition) is 6. The molecule has 0 saturated heterocycles. The average molecular weight is 445 g/mol. The van der Waals surface area contributed by atoms with Crippen molar-refractivity contribution < 1.29 is 9.59 Å². The number of pyridine rings is 1. The van der Waals surface area contributed by atoms with Gasteiger partial charge in [0.15, 0.2) is 11.0 Å². The number of hydrogen-bond donors (Lipinski definition) is 2. The molecule has 8 nitrogen and oxygen atoms in total. The Morgan fingerprint density at radius 1 is 0.906 bits per heavy atom. The highest BCUT2D eigenvalue weighted by Gasteiger charge is 2.17. The molecule has 0 aliphatic rings. The maximum Gasteiger partial charge on any atom is 0.234 e. The molecule has 0 unspecified atom stereocenters. The number of anilines is 2. The van der Waals surface area contributed by atoms with Crippen LogP contribution < -0.4 is 10.6 Å². The minimum Gasteiger partial charge on any atom is -0.326 e. The Hall–Kier alpha value is -3.98. The zero-order chi connectivity index (χ0) is 22.3. The molecule has 2 N–H and O–H groups in total. The van der Waals surface area contributed by atoms with Gasteiger partial charge in [0.05, 0.1) is 5.75 Å². The Balaban J connectivity index is 1.52. The quantitative estimate of drug-likeness (QED) is 0.418. The summed E-state index contributed by atoms with van der Waals surface area (Å²) in [7, 11) is 0. The van der Waals surface area contributed by atoms with Crippen molar-refractivity contribution in [2.75, 3.05) is 16.4 Å². The van der Waals surface area contributed by atoms with Gasteiger partial charge in [-0.1, -0.05) is 36.0 Å². The summed E-state index contributed by atoms with van der Waals surface area (Å²) in [6, 6.07) is 20.5. The monoisotopic (exact) mass is 444 g/mol. The second kappa shape index (κ2) is 9.88. The van der Waals surface area contributed by atoms with Crippen LogP contribution in [0, 0.1) is 0 Å². The van der Waals surface area contributed by atoms with Crippen LogP contribution in [0.2, 0.25) is 0 Å². The van der Waals surface area contributed by atoms with Crippen molar-refractivity contribution in [2.45, 2.75) is 12.1 Å². The zero-order valence-corrected chi connectivity index (χ0v) is 18.0. The van der Waals surface area contributed by atoms with Gasteiger partial charge in [0, 0.05) is 41.9 Å². The van der Waals surface area contributed by atoms with Gasteiger partial charge >= 0.3 is 0 Å². The lowest BCUT2D eigenvalue weighted by Crippen LogP contribution is -2.15. The Bertz CT molecular complexity index is 1230. The number of nitrogens with zero attached hydrogens (tertiary/aromatic N) is 4. The number of carbonyl (C=O) groups is 2. The van der Waals surface area contributed by atoms with Crippen LogP contribution in [-0.2, 0) is 9.59 Å². The minimum absolute atomic E-state index is 0.145. The third kappa shape index (κ3) is 5.19. The summed E-state index contributed by atoms with van der Waals surface area (Å²) in [5, 5.41) is 14.8. The third-order valence-electron chi connectivity index (χ3n) is 4.39. The van der Waals surface area contributed by atoms with Gasteiger partial charge in [-0.25, -0.2) is 0 Å². The van der Waals surface area contributed by atoms with Gasteiger partial charge in [-0.15, -0.1) is 10.2 Å². The summed E-state index contributed by atoms with van der Waals surface area (Å²) in [6.45, 7) is 1.44. The molecule has 0 aliphatic carbocycles. The standard InChI is InChI=1S/C23H20N6O2S/c1-16(30)25-18-6-5-7-19(14-18)26-21(31)15-32-23-28-27-22(17-10-12-24-13-11-17)29(23)20-8-3-2-4-9-20/h2-14H,15H2,1H3,(H,25,30)(H,26,31). The van der Waals surface area contributed by atoms with Gasteiger partial charge in [0.25, 0.3) is 0 Å². The van der Waals surface area contributed by atoms with E-state index in [9.17, 15) is 9.59 Å². The van der Waals surface area contributed by atoms with Gasteiger partial charge in [0.1, 0.15) is 0 Å². The van der Waals surface area contributed by atoms with Gasteiger partial charge in [-0.3, -0.25) is 19.1 Å². The fourth-order valence-corrected chi connectivity index (χ4v) is 3.82. The molecule has 4 rings (SSSR count). The largest absolute Gasteiger partial charge is 0.326 e. The number of nitrogens with one attached hydrogen (secondary N) is 2. The summed E-state index contributed by atoms with van der Waals surface area (Å²) in [6.07, 6.45) is 3.41. The number of benzene rings is 2. The lowest BCUT2D eigenvalue weighted by Gasteiger charge is -2.10. The number of thioether (sulfide) groups is 1. The van der Waals surface area contributed by atoms with Gasteiger partial charge in [-0.2, -0.15) is 0 Å². The molecule has 0 saturated carbocycles. The van der Waals surface area contributed by atoms with E-state index in [2.05, 4.69) is 25.8 Å². The highest BCUT2D eigenvalue weighted by Crippen LogP contribution is 2.27. The van der Waals surface area contributed by atoms with E-state index in [0.29, 0.717) is 22.4 Å². The SMILES string of the molecule is CC(=O)Nc1cccc(NC(=O)CSc2nnc(-c3ccncc3)n2-c2ccccc2)c1. The normalized spacial score (nSPS) is 10.5. The molecule has 4 aromatic rings. The Kier molecular flexibility index (Phi) is 6.57. The fourth-order valence-electron chi connectivity index (χ4n) is 3.07. The Morgan fingerprint density at radius 3 is 2.34 bits per heavy atom. The van der Waals surface area contributed by atoms with Crippen molar-refractivity contribution in [2.24, 2.45) is 0 Å². The molecule has 9 heteroatoms. The van der Waals surface area contributed by atoms with Crippen LogP contribution in [0.25, 0.3) is 17.1 Å².